The van der Waals surface area contributed by atoms with E-state index in [0.29, 0.717) is 0 Å². The lowest BCUT2D eigenvalue weighted by Gasteiger charge is -2.06. The average Bonchev–Trinajstić information content (AvgIpc) is 2.34. The smallest absolute Gasteiger partial charge is 0.290 e. The van der Waals surface area contributed by atoms with Gasteiger partial charge in [-0.15, -0.1) is 0 Å². The van der Waals surface area contributed by atoms with Crippen molar-refractivity contribution in [3.8, 4) is 0 Å². The Morgan fingerprint density at radius 3 is 2.06 bits per heavy atom. The Kier molecular flexibility index (Phi) is 10.4. The number of hydrogen-bond donors (Lipinski definition) is 2. The van der Waals surface area contributed by atoms with Crippen LogP contribution in [-0.2, 0) is 6.18 Å². The van der Waals surface area contributed by atoms with Crippen LogP contribution in [0.1, 0.15) is 33.4 Å². The number of nitrogens with zero attached hydrogens (tertiary/aromatic N) is 2. The van der Waals surface area contributed by atoms with Crippen molar-refractivity contribution < 1.29 is 13.2 Å². The van der Waals surface area contributed by atoms with Crippen LogP contribution in [0.5, 0.6) is 0 Å². The molecule has 0 aliphatic carbocycles. The lowest BCUT2D eigenvalue weighted by molar-refractivity contribution is -0.141. The van der Waals surface area contributed by atoms with E-state index in [1.54, 1.807) is 0 Å². The third kappa shape index (κ3) is 7.51. The number of hydrazine groups is 1. The van der Waals surface area contributed by atoms with Crippen LogP contribution in [0.25, 0.3) is 0 Å². The minimum absolute atomic E-state index is 0.114. The Bertz CT molecular complexity index is 289. The second-order valence-corrected chi connectivity index (χ2v) is 2.14. The molecule has 1 rings (SSSR count). The highest BCUT2D eigenvalue weighted by atomic mass is 19.4. The molecule has 0 bridgehead atoms. The Hall–Kier alpha value is -1.37. The summed E-state index contributed by atoms with van der Waals surface area (Å²) >= 11 is 0. The van der Waals surface area contributed by atoms with Crippen molar-refractivity contribution in [1.29, 1.82) is 0 Å². The molecule has 7 heteroatoms. The number of alkyl halides is 3. The van der Waals surface area contributed by atoms with E-state index in [9.17, 15) is 13.2 Å². The van der Waals surface area contributed by atoms with Crippen LogP contribution in [0, 0.1) is 0 Å². The Morgan fingerprint density at radius 2 is 1.65 bits per heavy atom. The molecule has 1 heterocycles. The van der Waals surface area contributed by atoms with Gasteiger partial charge in [0.25, 0.3) is 0 Å². The Balaban J connectivity index is 0. The third-order valence-corrected chi connectivity index (χ3v) is 1.18. The Labute approximate surface area is 99.6 Å². The van der Waals surface area contributed by atoms with Gasteiger partial charge in [0.05, 0.1) is 0 Å². The van der Waals surface area contributed by atoms with Crippen molar-refractivity contribution in [3.05, 3.63) is 18.0 Å². The molecule has 0 aliphatic rings. The summed E-state index contributed by atoms with van der Waals surface area (Å²) in [5, 5.41) is 0. The number of aromatic nitrogens is 2. The molecule has 17 heavy (non-hydrogen) atoms. The molecule has 100 valence electrons. The average molecular weight is 252 g/mol. The molecule has 1 aromatic rings. The molecule has 1 aromatic heterocycles. The zero-order valence-electron chi connectivity index (χ0n) is 10.7. The van der Waals surface area contributed by atoms with Gasteiger partial charge in [-0.3, -0.25) is 5.43 Å². The highest BCUT2D eigenvalue weighted by Crippen LogP contribution is 2.27. The minimum Gasteiger partial charge on any atom is -0.290 e. The first-order chi connectivity index (χ1) is 8.04. The molecule has 0 spiro atoms. The summed E-state index contributed by atoms with van der Waals surface area (Å²) in [6, 6.07) is 0.806. The number of rotatable bonds is 2. The molecule has 0 amide bonds. The fraction of sp³-hybridized carbons (Fsp3) is 0.600. The van der Waals surface area contributed by atoms with E-state index in [1.807, 2.05) is 27.7 Å². The van der Waals surface area contributed by atoms with Gasteiger partial charge in [-0.25, -0.2) is 15.4 Å². The fourth-order valence-corrected chi connectivity index (χ4v) is 0.689. The van der Waals surface area contributed by atoms with Gasteiger partial charge in [-0.2, -0.15) is 13.2 Å². The van der Waals surface area contributed by atoms with Gasteiger partial charge in [-0.05, 0) is 6.07 Å². The van der Waals surface area contributed by atoms with Crippen LogP contribution >= 0.6 is 0 Å². The molecule has 0 fully saturated rings. The van der Waals surface area contributed by atoms with Crippen LogP contribution in [0.3, 0.4) is 0 Å². The van der Waals surface area contributed by atoms with E-state index >= 15 is 0 Å². The van der Waals surface area contributed by atoms with Crippen molar-refractivity contribution >= 4 is 5.95 Å². The largest absolute Gasteiger partial charge is 0.433 e. The summed E-state index contributed by atoms with van der Waals surface area (Å²) < 4.78 is 36.2. The third-order valence-electron chi connectivity index (χ3n) is 1.18. The van der Waals surface area contributed by atoms with E-state index in [-0.39, 0.29) is 5.95 Å². The lowest BCUT2D eigenvalue weighted by atomic mass is 10.4. The normalized spacial score (nSPS) is 9.41. The fourth-order valence-electron chi connectivity index (χ4n) is 0.689. The molecule has 0 radical (unpaired) electrons. The van der Waals surface area contributed by atoms with E-state index < -0.39 is 11.9 Å². The first-order valence-electron chi connectivity index (χ1n) is 5.37. The minimum atomic E-state index is -4.44. The highest BCUT2D eigenvalue weighted by Gasteiger charge is 2.32. The number of anilines is 1. The van der Waals surface area contributed by atoms with Crippen LogP contribution in [-0.4, -0.2) is 17.0 Å². The molecule has 0 saturated carbocycles. The van der Waals surface area contributed by atoms with Crippen LogP contribution < -0.4 is 10.9 Å². The Morgan fingerprint density at radius 1 is 1.12 bits per heavy atom. The number of nitrogens with one attached hydrogen (secondary N) is 2. The van der Waals surface area contributed by atoms with Crippen molar-refractivity contribution in [2.24, 2.45) is 0 Å². The topological polar surface area (TPSA) is 49.8 Å². The van der Waals surface area contributed by atoms with Gasteiger partial charge in [-0.1, -0.05) is 27.7 Å². The van der Waals surface area contributed by atoms with Crippen LogP contribution in [0.15, 0.2) is 12.3 Å². The van der Waals surface area contributed by atoms with E-state index in [2.05, 4.69) is 20.8 Å². The maximum atomic E-state index is 12.1. The van der Waals surface area contributed by atoms with Crippen LogP contribution in [0.4, 0.5) is 19.1 Å². The molecule has 4 nitrogen and oxygen atoms in total. The van der Waals surface area contributed by atoms with Crippen LogP contribution in [0.2, 0.25) is 0 Å². The summed E-state index contributed by atoms with van der Waals surface area (Å²) in [6.45, 7) is 8.00. The first-order valence-corrected chi connectivity index (χ1v) is 5.37. The van der Waals surface area contributed by atoms with Gasteiger partial charge in [0.1, 0.15) is 5.69 Å². The standard InChI is InChI=1S/C6H7F3N4.2C2H6/c1-10-13-5-11-3-2-4(12-5)6(7,8)9;2*1-2/h2-3,10H,1H3,(H,11,12,13);2*1-2H3. The van der Waals surface area contributed by atoms with Crippen molar-refractivity contribution in [2.75, 3.05) is 12.5 Å². The molecular formula is C10H19F3N4. The lowest BCUT2D eigenvalue weighted by Crippen LogP contribution is -2.19. The molecule has 0 aromatic carbocycles. The predicted molar refractivity (Wildman–Crippen MR) is 62.4 cm³/mol. The molecule has 0 aliphatic heterocycles. The van der Waals surface area contributed by atoms with Gasteiger partial charge >= 0.3 is 6.18 Å². The van der Waals surface area contributed by atoms with E-state index in [0.717, 1.165) is 12.3 Å². The molecule has 2 N–H and O–H groups in total. The molecular weight excluding hydrogens is 233 g/mol. The monoisotopic (exact) mass is 252 g/mol. The van der Waals surface area contributed by atoms with E-state index in [4.69, 9.17) is 0 Å². The predicted octanol–water partition coefficient (Wildman–Crippen LogP) is 3.09. The maximum Gasteiger partial charge on any atom is 0.433 e. The van der Waals surface area contributed by atoms with Crippen molar-refractivity contribution in [2.45, 2.75) is 33.9 Å². The molecule has 0 saturated heterocycles. The summed E-state index contributed by atoms with van der Waals surface area (Å²) in [5.74, 6) is -0.114. The van der Waals surface area contributed by atoms with Crippen molar-refractivity contribution in [3.63, 3.8) is 0 Å². The summed E-state index contributed by atoms with van der Waals surface area (Å²) in [7, 11) is 1.50. The SMILES string of the molecule is CC.CC.CNNc1nccc(C(F)(F)F)n1. The second-order valence-electron chi connectivity index (χ2n) is 2.14. The highest BCUT2D eigenvalue weighted by molar-refractivity contribution is 5.24. The summed E-state index contributed by atoms with van der Waals surface area (Å²) in [5.41, 5.74) is 3.80. The number of halogens is 3. The zero-order valence-corrected chi connectivity index (χ0v) is 10.7. The first kappa shape index (κ1) is 18.0. The maximum absolute atomic E-state index is 12.1. The number of hydrogen-bond acceptors (Lipinski definition) is 4. The van der Waals surface area contributed by atoms with Gasteiger partial charge in [0.15, 0.2) is 0 Å². The van der Waals surface area contributed by atoms with Gasteiger partial charge < -0.3 is 0 Å². The molecule has 0 atom stereocenters. The van der Waals surface area contributed by atoms with E-state index in [1.165, 1.54) is 7.05 Å². The van der Waals surface area contributed by atoms with Crippen molar-refractivity contribution in [1.82, 2.24) is 15.4 Å². The zero-order chi connectivity index (χ0) is 13.9. The van der Waals surface area contributed by atoms with Gasteiger partial charge in [0.2, 0.25) is 5.95 Å². The molecule has 0 unspecified atom stereocenters. The quantitative estimate of drug-likeness (QED) is 0.794. The van der Waals surface area contributed by atoms with Gasteiger partial charge in [0, 0.05) is 13.2 Å². The summed E-state index contributed by atoms with van der Waals surface area (Å²) in [4.78, 5) is 6.78. The summed E-state index contributed by atoms with van der Waals surface area (Å²) in [6.07, 6.45) is -3.40. The second kappa shape index (κ2) is 9.83.